The van der Waals surface area contributed by atoms with Gasteiger partial charge in [0.2, 0.25) is 0 Å². The minimum absolute atomic E-state index is 0.643. The van der Waals surface area contributed by atoms with Gasteiger partial charge in [0.1, 0.15) is 0 Å². The number of rotatable bonds is 3. The lowest BCUT2D eigenvalue weighted by Crippen LogP contribution is -2.00. The van der Waals surface area contributed by atoms with Gasteiger partial charge in [0.15, 0.2) is 17.5 Å². The molecule has 0 saturated carbocycles. The number of benzene rings is 3. The Kier molecular flexibility index (Phi) is 5.14. The third-order valence-electron chi connectivity index (χ3n) is 4.24. The van der Waals surface area contributed by atoms with E-state index in [4.69, 9.17) is 15.0 Å². The first-order chi connectivity index (χ1) is 13.1. The first kappa shape index (κ1) is 18.0. The molecule has 0 amide bonds. The van der Waals surface area contributed by atoms with Crippen LogP contribution in [0.1, 0.15) is 5.56 Å². The molecule has 0 atom stereocenters. The average molecular weight is 481 g/mol. The molecule has 0 N–H and O–H groups in total. The fourth-order valence-electron chi connectivity index (χ4n) is 2.71. The average Bonchev–Trinajstić information content (AvgIpc) is 2.72. The second-order valence-electron chi connectivity index (χ2n) is 6.10. The van der Waals surface area contributed by atoms with Crippen LogP contribution in [0.25, 0.3) is 34.2 Å². The fraction of sp³-hybridized carbons (Fsp3) is 0.0455. The molecule has 3 aromatic carbocycles. The second kappa shape index (κ2) is 7.71. The first-order valence-electron chi connectivity index (χ1n) is 8.45. The molecule has 0 fully saturated rings. The van der Waals surface area contributed by atoms with Crippen molar-refractivity contribution in [2.75, 3.05) is 0 Å². The van der Waals surface area contributed by atoms with Crippen LogP contribution in [0, 0.1) is 6.92 Å². The van der Waals surface area contributed by atoms with Crippen molar-refractivity contribution in [2.45, 2.75) is 6.92 Å². The molecule has 3 nitrogen and oxygen atoms in total. The van der Waals surface area contributed by atoms with Crippen molar-refractivity contribution in [2.24, 2.45) is 0 Å². The minimum Gasteiger partial charge on any atom is -0.208 e. The summed E-state index contributed by atoms with van der Waals surface area (Å²) in [7, 11) is 0. The van der Waals surface area contributed by atoms with E-state index >= 15 is 0 Å². The highest BCUT2D eigenvalue weighted by molar-refractivity contribution is 9.11. The zero-order valence-corrected chi connectivity index (χ0v) is 17.7. The highest BCUT2D eigenvalue weighted by Gasteiger charge is 2.13. The summed E-state index contributed by atoms with van der Waals surface area (Å²) in [6.45, 7) is 2.05. The Bertz CT molecular complexity index is 1020. The van der Waals surface area contributed by atoms with Crippen LogP contribution in [-0.2, 0) is 0 Å². The lowest BCUT2D eigenvalue weighted by Gasteiger charge is -2.10. The monoisotopic (exact) mass is 479 g/mol. The molecule has 1 aromatic heterocycles. The molecule has 4 rings (SSSR count). The normalized spacial score (nSPS) is 10.8. The maximum Gasteiger partial charge on any atom is 0.164 e. The molecule has 132 valence electrons. The minimum atomic E-state index is 0.643. The van der Waals surface area contributed by atoms with E-state index in [0.29, 0.717) is 17.5 Å². The molecule has 0 radical (unpaired) electrons. The van der Waals surface area contributed by atoms with Gasteiger partial charge in [0.05, 0.1) is 0 Å². The maximum atomic E-state index is 4.75. The van der Waals surface area contributed by atoms with Crippen LogP contribution in [0.2, 0.25) is 0 Å². The summed E-state index contributed by atoms with van der Waals surface area (Å²) in [5.41, 5.74) is 3.99. The Labute approximate surface area is 174 Å². The van der Waals surface area contributed by atoms with Crippen molar-refractivity contribution in [3.63, 3.8) is 0 Å². The summed E-state index contributed by atoms with van der Waals surface area (Å²) >= 11 is 7.24. The van der Waals surface area contributed by atoms with Gasteiger partial charge in [0.25, 0.3) is 0 Å². The zero-order chi connectivity index (χ0) is 18.8. The van der Waals surface area contributed by atoms with Crippen molar-refractivity contribution in [3.8, 4) is 34.2 Å². The number of hydrogen-bond acceptors (Lipinski definition) is 3. The zero-order valence-electron chi connectivity index (χ0n) is 14.5. The van der Waals surface area contributed by atoms with E-state index in [9.17, 15) is 0 Å². The van der Waals surface area contributed by atoms with Crippen LogP contribution < -0.4 is 0 Å². The molecule has 27 heavy (non-hydrogen) atoms. The van der Waals surface area contributed by atoms with E-state index < -0.39 is 0 Å². The van der Waals surface area contributed by atoms with Crippen molar-refractivity contribution in [3.05, 3.63) is 87.3 Å². The summed E-state index contributed by atoms with van der Waals surface area (Å²) in [5.74, 6) is 1.96. The lowest BCUT2D eigenvalue weighted by atomic mass is 10.1. The highest BCUT2D eigenvalue weighted by Crippen LogP contribution is 2.31. The Hall–Kier alpha value is -2.37. The summed E-state index contributed by atoms with van der Waals surface area (Å²) in [5, 5.41) is 0. The van der Waals surface area contributed by atoms with Crippen LogP contribution in [0.3, 0.4) is 0 Å². The SMILES string of the molecule is Cc1c(Br)cc(-c2nc(-c3ccccc3)nc(-c3ccccc3)n2)cc1Br. The highest BCUT2D eigenvalue weighted by atomic mass is 79.9. The van der Waals surface area contributed by atoms with Crippen LogP contribution >= 0.6 is 31.9 Å². The molecule has 0 spiro atoms. The van der Waals surface area contributed by atoms with E-state index in [0.717, 1.165) is 31.2 Å². The quantitative estimate of drug-likeness (QED) is 0.327. The molecule has 0 aliphatic heterocycles. The predicted octanol–water partition coefficient (Wildman–Crippen LogP) is 6.71. The number of aromatic nitrogens is 3. The summed E-state index contributed by atoms with van der Waals surface area (Å²) in [6.07, 6.45) is 0. The number of halogens is 2. The van der Waals surface area contributed by atoms with Crippen LogP contribution in [-0.4, -0.2) is 15.0 Å². The van der Waals surface area contributed by atoms with Gasteiger partial charge in [-0.25, -0.2) is 15.0 Å². The molecule has 5 heteroatoms. The van der Waals surface area contributed by atoms with Crippen LogP contribution in [0.4, 0.5) is 0 Å². The molecule has 4 aromatic rings. The van der Waals surface area contributed by atoms with Gasteiger partial charge in [-0.1, -0.05) is 92.5 Å². The molecular formula is C22H15Br2N3. The van der Waals surface area contributed by atoms with Gasteiger partial charge in [-0.2, -0.15) is 0 Å². The van der Waals surface area contributed by atoms with Gasteiger partial charge < -0.3 is 0 Å². The van der Waals surface area contributed by atoms with E-state index in [-0.39, 0.29) is 0 Å². The third-order valence-corrected chi connectivity index (χ3v) is 5.89. The van der Waals surface area contributed by atoms with Gasteiger partial charge in [-0.3, -0.25) is 0 Å². The predicted molar refractivity (Wildman–Crippen MR) is 116 cm³/mol. The van der Waals surface area contributed by atoms with Crippen LogP contribution in [0.15, 0.2) is 81.7 Å². The van der Waals surface area contributed by atoms with E-state index in [1.807, 2.05) is 72.8 Å². The molecule has 0 aliphatic rings. The Morgan fingerprint density at radius 1 is 0.556 bits per heavy atom. The Morgan fingerprint density at radius 2 is 0.926 bits per heavy atom. The van der Waals surface area contributed by atoms with Crippen molar-refractivity contribution in [1.82, 2.24) is 15.0 Å². The Balaban J connectivity index is 1.94. The smallest absolute Gasteiger partial charge is 0.164 e. The van der Waals surface area contributed by atoms with Gasteiger partial charge in [-0.05, 0) is 24.6 Å². The van der Waals surface area contributed by atoms with Gasteiger partial charge in [-0.15, -0.1) is 0 Å². The van der Waals surface area contributed by atoms with Crippen molar-refractivity contribution >= 4 is 31.9 Å². The third kappa shape index (κ3) is 3.84. The van der Waals surface area contributed by atoms with Gasteiger partial charge in [0, 0.05) is 25.6 Å². The molecule has 0 aliphatic carbocycles. The Morgan fingerprint density at radius 3 is 1.33 bits per heavy atom. The van der Waals surface area contributed by atoms with Gasteiger partial charge >= 0.3 is 0 Å². The summed E-state index contributed by atoms with van der Waals surface area (Å²) in [6, 6.07) is 24.0. The van der Waals surface area contributed by atoms with Crippen molar-refractivity contribution in [1.29, 1.82) is 0 Å². The molecule has 1 heterocycles. The lowest BCUT2D eigenvalue weighted by molar-refractivity contribution is 1.07. The van der Waals surface area contributed by atoms with Crippen molar-refractivity contribution < 1.29 is 0 Å². The summed E-state index contributed by atoms with van der Waals surface area (Å²) < 4.78 is 2.02. The topological polar surface area (TPSA) is 38.7 Å². The van der Waals surface area contributed by atoms with E-state index in [1.165, 1.54) is 0 Å². The molecule has 0 saturated heterocycles. The number of hydrogen-bond donors (Lipinski definition) is 0. The molecule has 0 unspecified atom stereocenters. The summed E-state index contributed by atoms with van der Waals surface area (Å²) in [4.78, 5) is 14.2. The maximum absolute atomic E-state index is 4.75. The standard InChI is InChI=1S/C22H15Br2N3/c1-14-18(23)12-17(13-19(14)24)22-26-20(15-8-4-2-5-9-15)25-21(27-22)16-10-6-3-7-11-16/h2-13H,1H3. The van der Waals surface area contributed by atoms with E-state index in [2.05, 4.69) is 38.8 Å². The fourth-order valence-corrected chi connectivity index (χ4v) is 3.90. The largest absolute Gasteiger partial charge is 0.208 e. The first-order valence-corrected chi connectivity index (χ1v) is 10.0. The molecule has 0 bridgehead atoms. The molecular weight excluding hydrogens is 466 g/mol. The second-order valence-corrected chi connectivity index (χ2v) is 7.81. The van der Waals surface area contributed by atoms with E-state index in [1.54, 1.807) is 0 Å². The number of nitrogens with zero attached hydrogens (tertiary/aromatic N) is 3. The van der Waals surface area contributed by atoms with Crippen LogP contribution in [0.5, 0.6) is 0 Å².